The van der Waals surface area contributed by atoms with Crippen molar-refractivity contribution in [1.29, 1.82) is 0 Å². The molecule has 0 fully saturated rings. The fourth-order valence-electron chi connectivity index (χ4n) is 10.7. The van der Waals surface area contributed by atoms with Crippen molar-refractivity contribution in [3.05, 3.63) is 253 Å². The molecule has 0 bridgehead atoms. The lowest BCUT2D eigenvalue weighted by molar-refractivity contribution is 0.436. The average Bonchev–Trinajstić information content (AvgIpc) is 3.83. The van der Waals surface area contributed by atoms with Gasteiger partial charge in [-0.05, 0) is 117 Å². The van der Waals surface area contributed by atoms with Crippen molar-refractivity contribution in [2.45, 2.75) is 5.41 Å². The minimum absolute atomic E-state index is 0.553. The summed E-state index contributed by atoms with van der Waals surface area (Å²) in [7, 11) is 0. The van der Waals surface area contributed by atoms with Gasteiger partial charge in [-0.2, -0.15) is 0 Å². The molecule has 0 radical (unpaired) electrons. The first kappa shape index (κ1) is 34.7. The normalized spacial score (nSPS) is 13.1. The van der Waals surface area contributed by atoms with Crippen molar-refractivity contribution in [3.63, 3.8) is 0 Å². The zero-order valence-corrected chi connectivity index (χ0v) is 33.7. The molecule has 62 heavy (non-hydrogen) atoms. The fraction of sp³-hybridized carbons (Fsp3) is 0.0169. The molecular weight excluding hydrogens is 753 g/mol. The van der Waals surface area contributed by atoms with Crippen LogP contribution in [0.1, 0.15) is 22.3 Å². The highest BCUT2D eigenvalue weighted by molar-refractivity contribution is 6.11. The first-order valence-electron chi connectivity index (χ1n) is 21.3. The lowest BCUT2D eigenvalue weighted by Crippen LogP contribution is -2.32. The van der Waals surface area contributed by atoms with Gasteiger partial charge in [0.2, 0.25) is 0 Å². The molecule has 1 aliphatic carbocycles. The van der Waals surface area contributed by atoms with E-state index in [1.807, 2.05) is 0 Å². The predicted octanol–water partition coefficient (Wildman–Crippen LogP) is 15.5. The summed E-state index contributed by atoms with van der Waals surface area (Å²) in [5, 5.41) is 4.94. The minimum Gasteiger partial charge on any atom is -0.457 e. The molecule has 0 saturated heterocycles. The number of rotatable bonds is 5. The number of hydrogen-bond donors (Lipinski definition) is 0. The summed E-state index contributed by atoms with van der Waals surface area (Å²) >= 11 is 0. The van der Waals surface area contributed by atoms with Gasteiger partial charge in [-0.1, -0.05) is 158 Å². The quantitative estimate of drug-likeness (QED) is 0.173. The molecule has 11 aromatic rings. The van der Waals surface area contributed by atoms with E-state index in [1.54, 1.807) is 0 Å². The third-order valence-electron chi connectivity index (χ3n) is 13.2. The van der Waals surface area contributed by atoms with Crippen molar-refractivity contribution < 1.29 is 4.74 Å². The smallest absolute Gasteiger partial charge is 0.132 e. The van der Waals surface area contributed by atoms with Gasteiger partial charge in [-0.3, -0.25) is 0 Å². The lowest BCUT2D eigenvalue weighted by atomic mass is 9.66. The highest BCUT2D eigenvalue weighted by atomic mass is 16.5. The Labute approximate surface area is 360 Å². The first-order valence-corrected chi connectivity index (χ1v) is 21.3. The van der Waals surface area contributed by atoms with Crippen molar-refractivity contribution >= 4 is 49.6 Å². The standard InChI is InChI=1S/C59H38N2O/c1-3-17-41(18-4-1)60(44-35-37-54-48(38-44)47-22-9-12-27-53(47)61(54)42-19-5-2-6-20-42)43-33-30-40(31-34-43)46-23-15-26-51-57(46)58-45-21-8-7-16-39(45)32-36-52(58)59(51)49-24-10-13-28-55(49)62-56-29-14-11-25-50(56)59/h1-38H. The second kappa shape index (κ2) is 13.4. The maximum absolute atomic E-state index is 6.67. The summed E-state index contributed by atoms with van der Waals surface area (Å²) in [6, 6.07) is 83.8. The Morgan fingerprint density at radius 2 is 0.952 bits per heavy atom. The molecule has 2 aliphatic rings. The van der Waals surface area contributed by atoms with Crippen LogP contribution >= 0.6 is 0 Å². The van der Waals surface area contributed by atoms with E-state index in [4.69, 9.17) is 4.74 Å². The number of anilines is 3. The largest absolute Gasteiger partial charge is 0.457 e. The van der Waals surface area contributed by atoms with E-state index in [9.17, 15) is 0 Å². The van der Waals surface area contributed by atoms with Gasteiger partial charge in [-0.25, -0.2) is 0 Å². The summed E-state index contributed by atoms with van der Waals surface area (Å²) < 4.78 is 9.04. The highest BCUT2D eigenvalue weighted by Gasteiger charge is 2.52. The van der Waals surface area contributed by atoms with Crippen molar-refractivity contribution in [2.75, 3.05) is 4.90 Å². The fourth-order valence-corrected chi connectivity index (χ4v) is 10.7. The van der Waals surface area contributed by atoms with Crippen molar-refractivity contribution in [3.8, 4) is 39.4 Å². The summed E-state index contributed by atoms with van der Waals surface area (Å²) in [6.45, 7) is 0. The highest BCUT2D eigenvalue weighted by Crippen LogP contribution is 2.64. The van der Waals surface area contributed by atoms with E-state index in [-0.39, 0.29) is 0 Å². The van der Waals surface area contributed by atoms with Gasteiger partial charge in [0.25, 0.3) is 0 Å². The second-order valence-corrected chi connectivity index (χ2v) is 16.4. The van der Waals surface area contributed by atoms with Gasteiger partial charge in [0.1, 0.15) is 11.5 Å². The van der Waals surface area contributed by atoms with Gasteiger partial charge in [0, 0.05) is 44.6 Å². The van der Waals surface area contributed by atoms with Crippen molar-refractivity contribution in [1.82, 2.24) is 4.57 Å². The Hall–Kier alpha value is -8.14. The van der Waals surface area contributed by atoms with Gasteiger partial charge < -0.3 is 14.2 Å². The summed E-state index contributed by atoms with van der Waals surface area (Å²) in [6.07, 6.45) is 0. The molecular formula is C59H38N2O. The van der Waals surface area contributed by atoms with Crippen LogP contribution < -0.4 is 9.64 Å². The molecule has 0 N–H and O–H groups in total. The molecule has 1 spiro atoms. The molecule has 0 amide bonds. The van der Waals surface area contributed by atoms with E-state index in [0.29, 0.717) is 0 Å². The Bertz CT molecular complexity index is 3500. The van der Waals surface area contributed by atoms with E-state index in [0.717, 1.165) is 34.2 Å². The van der Waals surface area contributed by atoms with Crippen LogP contribution in [0.5, 0.6) is 11.5 Å². The Kier molecular flexibility index (Phi) is 7.52. The second-order valence-electron chi connectivity index (χ2n) is 16.4. The predicted molar refractivity (Wildman–Crippen MR) is 256 cm³/mol. The summed E-state index contributed by atoms with van der Waals surface area (Å²) in [5.74, 6) is 1.80. The van der Waals surface area contributed by atoms with E-state index in [2.05, 4.69) is 240 Å². The molecule has 3 heteroatoms. The Balaban J connectivity index is 1.00. The van der Waals surface area contributed by atoms with Gasteiger partial charge in [0.05, 0.1) is 16.4 Å². The molecule has 3 nitrogen and oxygen atoms in total. The Morgan fingerprint density at radius 1 is 0.371 bits per heavy atom. The molecule has 0 unspecified atom stereocenters. The van der Waals surface area contributed by atoms with Crippen LogP contribution in [0.4, 0.5) is 17.1 Å². The topological polar surface area (TPSA) is 17.4 Å². The zero-order valence-electron chi connectivity index (χ0n) is 33.7. The third-order valence-corrected chi connectivity index (χ3v) is 13.2. The van der Waals surface area contributed by atoms with Gasteiger partial charge in [-0.15, -0.1) is 0 Å². The third kappa shape index (κ3) is 4.88. The van der Waals surface area contributed by atoms with Crippen LogP contribution in [0.2, 0.25) is 0 Å². The number of nitrogens with zero attached hydrogens (tertiary/aromatic N) is 2. The van der Waals surface area contributed by atoms with Gasteiger partial charge in [0.15, 0.2) is 0 Å². The van der Waals surface area contributed by atoms with E-state index >= 15 is 0 Å². The molecule has 1 aromatic heterocycles. The molecule has 0 atom stereocenters. The molecule has 290 valence electrons. The van der Waals surface area contributed by atoms with Crippen molar-refractivity contribution in [2.24, 2.45) is 0 Å². The van der Waals surface area contributed by atoms with Crippen LogP contribution in [0.25, 0.3) is 60.5 Å². The number of benzene rings is 10. The van der Waals surface area contributed by atoms with E-state index < -0.39 is 5.41 Å². The monoisotopic (exact) mass is 790 g/mol. The number of hydrogen-bond acceptors (Lipinski definition) is 2. The molecule has 13 rings (SSSR count). The minimum atomic E-state index is -0.553. The summed E-state index contributed by atoms with van der Waals surface area (Å²) in [4.78, 5) is 2.38. The summed E-state index contributed by atoms with van der Waals surface area (Å²) in [5.41, 5.74) is 16.1. The molecule has 10 aromatic carbocycles. The van der Waals surface area contributed by atoms with Crippen LogP contribution in [0.3, 0.4) is 0 Å². The lowest BCUT2D eigenvalue weighted by Gasteiger charge is -2.39. The zero-order chi connectivity index (χ0) is 40.8. The number of fused-ring (bicyclic) bond motifs is 14. The average molecular weight is 791 g/mol. The van der Waals surface area contributed by atoms with Crippen LogP contribution in [-0.2, 0) is 5.41 Å². The maximum Gasteiger partial charge on any atom is 0.132 e. The Morgan fingerprint density at radius 3 is 1.73 bits per heavy atom. The van der Waals surface area contributed by atoms with Crippen LogP contribution in [-0.4, -0.2) is 4.57 Å². The van der Waals surface area contributed by atoms with E-state index in [1.165, 1.54) is 77.1 Å². The number of aromatic nitrogens is 1. The molecule has 2 heterocycles. The number of ether oxygens (including phenoxy) is 1. The van der Waals surface area contributed by atoms with Crippen LogP contribution in [0.15, 0.2) is 231 Å². The maximum atomic E-state index is 6.67. The molecule has 0 saturated carbocycles. The SMILES string of the molecule is c1ccc(N(c2ccc(-c3cccc4c3-c3c(ccc5ccccc35)C43c4ccccc4Oc4ccccc43)cc2)c2ccc3c(c2)c2ccccc2n3-c2ccccc2)cc1. The first-order chi connectivity index (χ1) is 30.8. The number of para-hydroxylation sites is 5. The van der Waals surface area contributed by atoms with Gasteiger partial charge >= 0.3 is 0 Å². The van der Waals surface area contributed by atoms with Crippen LogP contribution in [0, 0.1) is 0 Å². The molecule has 1 aliphatic heterocycles.